The number of aliphatic carboxylic acids is 1. The van der Waals surface area contributed by atoms with Gasteiger partial charge in [-0.15, -0.1) is 0 Å². The van der Waals surface area contributed by atoms with Gasteiger partial charge in [0.25, 0.3) is 0 Å². The predicted octanol–water partition coefficient (Wildman–Crippen LogP) is 1.48. The first-order valence-electron chi connectivity index (χ1n) is 7.79. The zero-order chi connectivity index (χ0) is 14.6. The molecule has 0 saturated carbocycles. The van der Waals surface area contributed by atoms with E-state index in [1.807, 2.05) is 11.8 Å². The first-order chi connectivity index (χ1) is 9.57. The summed E-state index contributed by atoms with van der Waals surface area (Å²) >= 11 is 0. The summed E-state index contributed by atoms with van der Waals surface area (Å²) in [6.07, 6.45) is 4.58. The van der Waals surface area contributed by atoms with Crippen LogP contribution in [0.1, 0.15) is 45.4 Å². The zero-order valence-corrected chi connectivity index (χ0v) is 12.4. The highest BCUT2D eigenvalue weighted by Gasteiger charge is 2.40. The van der Waals surface area contributed by atoms with E-state index < -0.39 is 11.4 Å². The van der Waals surface area contributed by atoms with Gasteiger partial charge in [-0.3, -0.25) is 9.59 Å². The van der Waals surface area contributed by atoms with Gasteiger partial charge in [0.05, 0.1) is 5.41 Å². The molecule has 0 aromatic rings. The minimum atomic E-state index is -0.705. The van der Waals surface area contributed by atoms with Crippen molar-refractivity contribution in [3.8, 4) is 0 Å². The van der Waals surface area contributed by atoms with Crippen LogP contribution in [0.15, 0.2) is 0 Å². The molecular formula is C15H26N2O3. The lowest BCUT2D eigenvalue weighted by atomic mass is 9.76. The number of nitrogens with zero attached hydrogens (tertiary/aromatic N) is 1. The number of piperidine rings is 1. The molecule has 0 aromatic heterocycles. The van der Waals surface area contributed by atoms with Gasteiger partial charge in [0.1, 0.15) is 0 Å². The Kier molecular flexibility index (Phi) is 5.02. The van der Waals surface area contributed by atoms with Crippen LogP contribution >= 0.6 is 0 Å². The molecule has 0 spiro atoms. The van der Waals surface area contributed by atoms with Crippen LogP contribution in [0.2, 0.25) is 0 Å². The molecule has 0 radical (unpaired) electrons. The van der Waals surface area contributed by atoms with Crippen molar-refractivity contribution in [3.63, 3.8) is 0 Å². The Morgan fingerprint density at radius 3 is 2.55 bits per heavy atom. The van der Waals surface area contributed by atoms with E-state index in [2.05, 4.69) is 5.32 Å². The summed E-state index contributed by atoms with van der Waals surface area (Å²) in [6.45, 7) is 5.23. The number of carboxylic acids is 1. The molecule has 2 rings (SSSR count). The number of carbonyl (C=O) groups excluding carboxylic acids is 1. The number of amides is 1. The number of carboxylic acid groups (broad SMARTS) is 1. The molecule has 2 saturated heterocycles. The minimum absolute atomic E-state index is 0.201. The van der Waals surface area contributed by atoms with Crippen LogP contribution in [0.3, 0.4) is 0 Å². The molecule has 2 fully saturated rings. The number of hydrogen-bond acceptors (Lipinski definition) is 3. The monoisotopic (exact) mass is 282 g/mol. The van der Waals surface area contributed by atoms with Gasteiger partial charge in [0.15, 0.2) is 0 Å². The first-order valence-corrected chi connectivity index (χ1v) is 7.79. The smallest absolute Gasteiger partial charge is 0.309 e. The van der Waals surface area contributed by atoms with E-state index in [-0.39, 0.29) is 5.91 Å². The molecule has 0 aliphatic carbocycles. The zero-order valence-electron chi connectivity index (χ0n) is 12.4. The SMILES string of the molecule is CCC1(C(=O)O)CCN(C(=O)CCC2CCNC2)CC1. The third-order valence-electron chi connectivity index (χ3n) is 5.13. The standard InChI is InChI=1S/C15H26N2O3/c1-2-15(14(19)20)6-9-17(10-7-15)13(18)4-3-12-5-8-16-11-12/h12,16H,2-11H2,1H3,(H,19,20). The van der Waals surface area contributed by atoms with Crippen LogP contribution in [0.25, 0.3) is 0 Å². The van der Waals surface area contributed by atoms with Crippen molar-refractivity contribution in [1.29, 1.82) is 0 Å². The number of rotatable bonds is 5. The van der Waals surface area contributed by atoms with Crippen molar-refractivity contribution < 1.29 is 14.7 Å². The summed E-state index contributed by atoms with van der Waals surface area (Å²) in [4.78, 5) is 25.4. The molecule has 20 heavy (non-hydrogen) atoms. The van der Waals surface area contributed by atoms with Crippen molar-refractivity contribution in [2.75, 3.05) is 26.2 Å². The van der Waals surface area contributed by atoms with Crippen LogP contribution in [0.4, 0.5) is 0 Å². The second-order valence-electron chi connectivity index (χ2n) is 6.22. The number of carbonyl (C=O) groups is 2. The first kappa shape index (κ1) is 15.3. The fourth-order valence-electron chi connectivity index (χ4n) is 3.35. The maximum absolute atomic E-state index is 12.2. The van der Waals surface area contributed by atoms with Gasteiger partial charge >= 0.3 is 5.97 Å². The van der Waals surface area contributed by atoms with E-state index in [0.717, 1.165) is 19.5 Å². The summed E-state index contributed by atoms with van der Waals surface area (Å²) in [5.41, 5.74) is -0.605. The molecule has 1 atom stereocenters. The lowest BCUT2D eigenvalue weighted by molar-refractivity contribution is -0.154. The van der Waals surface area contributed by atoms with Crippen molar-refractivity contribution in [3.05, 3.63) is 0 Å². The van der Waals surface area contributed by atoms with Gasteiger partial charge in [-0.05, 0) is 51.1 Å². The van der Waals surface area contributed by atoms with Crippen molar-refractivity contribution in [1.82, 2.24) is 10.2 Å². The summed E-state index contributed by atoms with van der Waals surface area (Å²) in [7, 11) is 0. The quantitative estimate of drug-likeness (QED) is 0.801. The fraction of sp³-hybridized carbons (Fsp3) is 0.867. The molecule has 1 unspecified atom stereocenters. The number of hydrogen-bond donors (Lipinski definition) is 2. The molecule has 2 heterocycles. The molecule has 0 bridgehead atoms. The van der Waals surface area contributed by atoms with E-state index in [9.17, 15) is 14.7 Å². The average Bonchev–Trinajstić information content (AvgIpc) is 2.98. The van der Waals surface area contributed by atoms with E-state index in [1.54, 1.807) is 0 Å². The van der Waals surface area contributed by atoms with Gasteiger partial charge in [-0.25, -0.2) is 0 Å². The summed E-state index contributed by atoms with van der Waals surface area (Å²) in [5.74, 6) is 0.133. The second-order valence-corrected chi connectivity index (χ2v) is 6.22. The molecule has 114 valence electrons. The molecule has 0 aromatic carbocycles. The Labute approximate surface area is 120 Å². The predicted molar refractivity (Wildman–Crippen MR) is 76.4 cm³/mol. The molecule has 1 amide bonds. The van der Waals surface area contributed by atoms with Crippen LogP contribution in [-0.4, -0.2) is 48.1 Å². The number of likely N-dealkylation sites (tertiary alicyclic amines) is 1. The Hall–Kier alpha value is -1.10. The molecular weight excluding hydrogens is 256 g/mol. The molecule has 2 N–H and O–H groups in total. The third-order valence-corrected chi connectivity index (χ3v) is 5.13. The van der Waals surface area contributed by atoms with E-state index in [4.69, 9.17) is 0 Å². The van der Waals surface area contributed by atoms with E-state index in [0.29, 0.717) is 44.7 Å². The van der Waals surface area contributed by atoms with Crippen molar-refractivity contribution in [2.45, 2.75) is 45.4 Å². The molecule has 2 aliphatic heterocycles. The lowest BCUT2D eigenvalue weighted by Gasteiger charge is -2.38. The van der Waals surface area contributed by atoms with Crippen LogP contribution in [0, 0.1) is 11.3 Å². The maximum Gasteiger partial charge on any atom is 0.309 e. The normalized spacial score (nSPS) is 25.6. The minimum Gasteiger partial charge on any atom is -0.481 e. The average molecular weight is 282 g/mol. The summed E-state index contributed by atoms with van der Waals surface area (Å²) < 4.78 is 0. The Balaban J connectivity index is 1.77. The van der Waals surface area contributed by atoms with E-state index in [1.165, 1.54) is 6.42 Å². The van der Waals surface area contributed by atoms with Crippen LogP contribution < -0.4 is 5.32 Å². The highest BCUT2D eigenvalue weighted by atomic mass is 16.4. The fourth-order valence-corrected chi connectivity index (χ4v) is 3.35. The topological polar surface area (TPSA) is 69.6 Å². The largest absolute Gasteiger partial charge is 0.481 e. The van der Waals surface area contributed by atoms with Crippen LogP contribution in [-0.2, 0) is 9.59 Å². The Morgan fingerprint density at radius 2 is 2.05 bits per heavy atom. The van der Waals surface area contributed by atoms with Gasteiger partial charge in [-0.2, -0.15) is 0 Å². The van der Waals surface area contributed by atoms with Gasteiger partial charge in [0.2, 0.25) is 5.91 Å². The van der Waals surface area contributed by atoms with Crippen LogP contribution in [0.5, 0.6) is 0 Å². The van der Waals surface area contributed by atoms with Crippen molar-refractivity contribution in [2.24, 2.45) is 11.3 Å². The molecule has 5 nitrogen and oxygen atoms in total. The Morgan fingerprint density at radius 1 is 1.35 bits per heavy atom. The van der Waals surface area contributed by atoms with Gasteiger partial charge in [0, 0.05) is 19.5 Å². The number of nitrogens with one attached hydrogen (secondary N) is 1. The summed E-state index contributed by atoms with van der Waals surface area (Å²) in [5, 5.41) is 12.7. The highest BCUT2D eigenvalue weighted by molar-refractivity contribution is 5.78. The maximum atomic E-state index is 12.2. The highest BCUT2D eigenvalue weighted by Crippen LogP contribution is 2.35. The second kappa shape index (κ2) is 6.57. The molecule has 5 heteroatoms. The van der Waals surface area contributed by atoms with Crippen molar-refractivity contribution >= 4 is 11.9 Å². The van der Waals surface area contributed by atoms with E-state index >= 15 is 0 Å². The summed E-state index contributed by atoms with van der Waals surface area (Å²) in [6, 6.07) is 0. The van der Waals surface area contributed by atoms with Gasteiger partial charge < -0.3 is 15.3 Å². The lowest BCUT2D eigenvalue weighted by Crippen LogP contribution is -2.46. The van der Waals surface area contributed by atoms with Gasteiger partial charge in [-0.1, -0.05) is 6.92 Å². The third kappa shape index (κ3) is 3.32. The Bertz CT molecular complexity index is 356. The molecule has 2 aliphatic rings.